The van der Waals surface area contributed by atoms with Crippen LogP contribution in [0, 0.1) is 11.8 Å². The van der Waals surface area contributed by atoms with Crippen LogP contribution in [-0.4, -0.2) is 25.9 Å². The smallest absolute Gasteiger partial charge is 0.0823 e. The maximum atomic E-state index is 5.72. The van der Waals surface area contributed by atoms with E-state index in [1.165, 1.54) is 17.7 Å². The minimum absolute atomic E-state index is 0.275. The zero-order valence-corrected chi connectivity index (χ0v) is 11.3. The molecular formula is C14H19NO2S. The van der Waals surface area contributed by atoms with Crippen molar-refractivity contribution < 1.29 is 9.47 Å². The Kier molecular flexibility index (Phi) is 5.69. The summed E-state index contributed by atoms with van der Waals surface area (Å²) >= 11 is 1.68. The molecule has 0 radical (unpaired) electrons. The third-order valence-corrected chi connectivity index (χ3v) is 3.78. The van der Waals surface area contributed by atoms with Gasteiger partial charge in [0.25, 0.3) is 0 Å². The van der Waals surface area contributed by atoms with Crippen molar-refractivity contribution >= 4 is 11.3 Å². The summed E-state index contributed by atoms with van der Waals surface area (Å²) in [6.45, 7) is 2.57. The molecule has 1 aliphatic heterocycles. The molecular weight excluding hydrogens is 246 g/mol. The van der Waals surface area contributed by atoms with Crippen molar-refractivity contribution in [2.45, 2.75) is 32.0 Å². The Bertz CT molecular complexity index is 413. The van der Waals surface area contributed by atoms with Gasteiger partial charge in [-0.1, -0.05) is 11.8 Å². The van der Waals surface area contributed by atoms with Crippen molar-refractivity contribution in [1.29, 1.82) is 0 Å². The van der Waals surface area contributed by atoms with Crippen LogP contribution in [0.1, 0.15) is 29.7 Å². The Morgan fingerprint density at radius 1 is 1.50 bits per heavy atom. The van der Waals surface area contributed by atoms with Gasteiger partial charge in [-0.15, -0.1) is 11.3 Å². The van der Waals surface area contributed by atoms with Crippen LogP contribution < -0.4 is 5.73 Å². The number of hydrogen-bond acceptors (Lipinski definition) is 4. The molecule has 2 rings (SSSR count). The van der Waals surface area contributed by atoms with Crippen LogP contribution in [0.4, 0.5) is 0 Å². The molecule has 2 heterocycles. The van der Waals surface area contributed by atoms with Gasteiger partial charge in [0.15, 0.2) is 0 Å². The second kappa shape index (κ2) is 7.55. The molecule has 4 heteroatoms. The summed E-state index contributed by atoms with van der Waals surface area (Å²) in [5.41, 5.74) is 6.41. The van der Waals surface area contributed by atoms with Gasteiger partial charge >= 0.3 is 0 Å². The van der Waals surface area contributed by atoms with Gasteiger partial charge in [0, 0.05) is 17.0 Å². The minimum atomic E-state index is 0.275. The topological polar surface area (TPSA) is 44.5 Å². The maximum absolute atomic E-state index is 5.72. The van der Waals surface area contributed by atoms with E-state index in [0.29, 0.717) is 19.8 Å². The third-order valence-electron chi connectivity index (χ3n) is 2.88. The maximum Gasteiger partial charge on any atom is 0.0823 e. The fraction of sp³-hybridized carbons (Fsp3) is 0.571. The Morgan fingerprint density at radius 3 is 3.22 bits per heavy atom. The van der Waals surface area contributed by atoms with Gasteiger partial charge in [-0.3, -0.25) is 0 Å². The number of nitrogens with two attached hydrogens (primary N) is 1. The lowest BCUT2D eigenvalue weighted by molar-refractivity contribution is -0.0443. The van der Waals surface area contributed by atoms with Crippen LogP contribution in [-0.2, 0) is 16.1 Å². The Hall–Kier alpha value is -0.860. The van der Waals surface area contributed by atoms with E-state index in [9.17, 15) is 0 Å². The molecule has 18 heavy (non-hydrogen) atoms. The Labute approximate surface area is 112 Å². The Balaban J connectivity index is 1.77. The third kappa shape index (κ3) is 4.11. The van der Waals surface area contributed by atoms with E-state index >= 15 is 0 Å². The SMILES string of the molecule is NCC#Cc1ccsc1COCC1CCCCO1. The van der Waals surface area contributed by atoms with Gasteiger partial charge in [0.05, 0.1) is 25.9 Å². The standard InChI is InChI=1S/C14H19NO2S/c15-7-3-4-12-6-9-18-14(12)11-16-10-13-5-1-2-8-17-13/h6,9,13H,1-2,5,7-8,10-11,15H2. The van der Waals surface area contributed by atoms with Crippen LogP contribution in [0.3, 0.4) is 0 Å². The largest absolute Gasteiger partial charge is 0.376 e. The van der Waals surface area contributed by atoms with Crippen molar-refractivity contribution in [2.75, 3.05) is 19.8 Å². The molecule has 98 valence electrons. The summed E-state index contributed by atoms with van der Waals surface area (Å²) in [6, 6.07) is 2.02. The fourth-order valence-corrected chi connectivity index (χ4v) is 2.70. The first-order valence-corrected chi connectivity index (χ1v) is 7.23. The van der Waals surface area contributed by atoms with Crippen LogP contribution in [0.15, 0.2) is 11.4 Å². The molecule has 1 atom stereocenters. The minimum Gasteiger partial charge on any atom is -0.376 e. The quantitative estimate of drug-likeness (QED) is 0.848. The van der Waals surface area contributed by atoms with Crippen molar-refractivity contribution in [2.24, 2.45) is 5.73 Å². The molecule has 1 saturated heterocycles. The molecule has 1 aromatic heterocycles. The molecule has 0 saturated carbocycles. The van der Waals surface area contributed by atoms with Crippen LogP contribution in [0.5, 0.6) is 0 Å². The number of rotatable bonds is 4. The second-order valence-corrected chi connectivity index (χ2v) is 5.27. The van der Waals surface area contributed by atoms with Gasteiger partial charge in [-0.25, -0.2) is 0 Å². The van der Waals surface area contributed by atoms with E-state index in [1.807, 2.05) is 11.4 Å². The molecule has 2 N–H and O–H groups in total. The molecule has 0 spiro atoms. The van der Waals surface area contributed by atoms with E-state index in [-0.39, 0.29) is 6.10 Å². The van der Waals surface area contributed by atoms with Crippen molar-refractivity contribution in [3.63, 3.8) is 0 Å². The molecule has 1 unspecified atom stereocenters. The van der Waals surface area contributed by atoms with Crippen molar-refractivity contribution in [3.05, 3.63) is 21.9 Å². The van der Waals surface area contributed by atoms with Gasteiger partial charge in [0.1, 0.15) is 0 Å². The van der Waals surface area contributed by atoms with E-state index in [0.717, 1.165) is 18.6 Å². The molecule has 1 aromatic rings. The predicted molar refractivity (Wildman–Crippen MR) is 73.5 cm³/mol. The molecule has 0 bridgehead atoms. The summed E-state index contributed by atoms with van der Waals surface area (Å²) in [5.74, 6) is 5.94. The van der Waals surface area contributed by atoms with Crippen LogP contribution >= 0.6 is 11.3 Å². The molecule has 1 aliphatic rings. The van der Waals surface area contributed by atoms with E-state index in [4.69, 9.17) is 15.2 Å². The molecule has 0 aliphatic carbocycles. The predicted octanol–water partition coefficient (Wildman–Crippen LogP) is 2.14. The summed E-state index contributed by atoms with van der Waals surface area (Å²) in [4.78, 5) is 1.17. The fourth-order valence-electron chi connectivity index (χ4n) is 1.93. The monoisotopic (exact) mass is 265 g/mol. The highest BCUT2D eigenvalue weighted by molar-refractivity contribution is 7.10. The van der Waals surface area contributed by atoms with E-state index < -0.39 is 0 Å². The lowest BCUT2D eigenvalue weighted by Crippen LogP contribution is -2.24. The van der Waals surface area contributed by atoms with E-state index in [2.05, 4.69) is 11.8 Å². The lowest BCUT2D eigenvalue weighted by Gasteiger charge is -2.22. The first-order valence-electron chi connectivity index (χ1n) is 6.35. The average molecular weight is 265 g/mol. The lowest BCUT2D eigenvalue weighted by atomic mass is 10.1. The summed E-state index contributed by atoms with van der Waals surface area (Å²) < 4.78 is 11.4. The second-order valence-electron chi connectivity index (χ2n) is 4.27. The number of ether oxygens (including phenoxy) is 2. The zero-order valence-electron chi connectivity index (χ0n) is 10.5. The molecule has 0 amide bonds. The zero-order chi connectivity index (χ0) is 12.6. The van der Waals surface area contributed by atoms with Gasteiger partial charge in [0.2, 0.25) is 0 Å². The van der Waals surface area contributed by atoms with E-state index in [1.54, 1.807) is 11.3 Å². The van der Waals surface area contributed by atoms with Gasteiger partial charge in [-0.05, 0) is 30.7 Å². The summed E-state index contributed by atoms with van der Waals surface area (Å²) in [6.07, 6.45) is 3.82. The first kappa shape index (κ1) is 13.6. The first-order chi connectivity index (χ1) is 8.90. The highest BCUT2D eigenvalue weighted by atomic mass is 32.1. The number of thiophene rings is 1. The van der Waals surface area contributed by atoms with Crippen LogP contribution in [0.25, 0.3) is 0 Å². The van der Waals surface area contributed by atoms with Gasteiger partial charge < -0.3 is 15.2 Å². The molecule has 3 nitrogen and oxygen atoms in total. The van der Waals surface area contributed by atoms with Gasteiger partial charge in [-0.2, -0.15) is 0 Å². The summed E-state index contributed by atoms with van der Waals surface area (Å²) in [7, 11) is 0. The van der Waals surface area contributed by atoms with Crippen molar-refractivity contribution in [1.82, 2.24) is 0 Å². The van der Waals surface area contributed by atoms with Crippen LogP contribution in [0.2, 0.25) is 0 Å². The molecule has 1 fully saturated rings. The van der Waals surface area contributed by atoms with Crippen molar-refractivity contribution in [3.8, 4) is 11.8 Å². The average Bonchev–Trinajstić information content (AvgIpc) is 2.85. The number of hydrogen-bond donors (Lipinski definition) is 1. The highest BCUT2D eigenvalue weighted by Crippen LogP contribution is 2.18. The summed E-state index contributed by atoms with van der Waals surface area (Å²) in [5, 5.41) is 2.04. The highest BCUT2D eigenvalue weighted by Gasteiger charge is 2.14. The Morgan fingerprint density at radius 2 is 2.44 bits per heavy atom. The molecule has 0 aromatic carbocycles. The normalized spacial score (nSPS) is 19.3.